The fourth-order valence-electron chi connectivity index (χ4n) is 7.55. The molecular weight excluding hydrogens is 681 g/mol. The molecule has 54 heavy (non-hydrogen) atoms. The van der Waals surface area contributed by atoms with Crippen LogP contribution in [-0.2, 0) is 0 Å². The maximum atomic E-state index is 6.30. The summed E-state index contributed by atoms with van der Waals surface area (Å²) < 4.78 is 8.79. The summed E-state index contributed by atoms with van der Waals surface area (Å²) in [7, 11) is 0. The first kappa shape index (κ1) is 30.6. The third-order valence-corrected chi connectivity index (χ3v) is 11.4. The molecule has 0 unspecified atom stereocenters. The molecular formula is C48H28N4OS. The van der Waals surface area contributed by atoms with Crippen molar-refractivity contribution < 1.29 is 4.42 Å². The molecule has 4 aromatic heterocycles. The average Bonchev–Trinajstić information content (AvgIpc) is 3.86. The summed E-state index contributed by atoms with van der Waals surface area (Å²) in [6.07, 6.45) is 0. The number of hydrogen-bond acceptors (Lipinski definition) is 6. The van der Waals surface area contributed by atoms with Gasteiger partial charge in [0.2, 0.25) is 5.89 Å². The molecule has 0 saturated heterocycles. The molecule has 252 valence electrons. The van der Waals surface area contributed by atoms with E-state index < -0.39 is 0 Å². The highest BCUT2D eigenvalue weighted by atomic mass is 32.1. The lowest BCUT2D eigenvalue weighted by atomic mass is 9.98. The predicted molar refractivity (Wildman–Crippen MR) is 222 cm³/mol. The minimum Gasteiger partial charge on any atom is -0.436 e. The van der Waals surface area contributed by atoms with Crippen molar-refractivity contribution in [2.24, 2.45) is 0 Å². The molecule has 0 bridgehead atoms. The van der Waals surface area contributed by atoms with Crippen LogP contribution in [0.15, 0.2) is 174 Å². The fraction of sp³-hybridized carbons (Fsp3) is 0. The molecule has 0 radical (unpaired) electrons. The van der Waals surface area contributed by atoms with E-state index in [-0.39, 0.29) is 0 Å². The maximum Gasteiger partial charge on any atom is 0.227 e. The number of hydrogen-bond donors (Lipinski definition) is 0. The minimum absolute atomic E-state index is 0.604. The molecule has 0 aliphatic carbocycles. The van der Waals surface area contributed by atoms with Crippen LogP contribution in [0.3, 0.4) is 0 Å². The van der Waals surface area contributed by atoms with Crippen molar-refractivity contribution in [1.29, 1.82) is 0 Å². The number of benzene rings is 7. The van der Waals surface area contributed by atoms with E-state index in [2.05, 4.69) is 109 Å². The lowest BCUT2D eigenvalue weighted by Crippen LogP contribution is -1.96. The van der Waals surface area contributed by atoms with Gasteiger partial charge in [0.25, 0.3) is 0 Å². The molecule has 0 fully saturated rings. The van der Waals surface area contributed by atoms with E-state index in [1.165, 1.54) is 20.2 Å². The quantitative estimate of drug-likeness (QED) is 0.167. The zero-order chi connectivity index (χ0) is 35.6. The highest BCUT2D eigenvalue weighted by Crippen LogP contribution is 2.41. The Labute approximate surface area is 313 Å². The Kier molecular flexibility index (Phi) is 6.97. The van der Waals surface area contributed by atoms with E-state index >= 15 is 0 Å². The van der Waals surface area contributed by atoms with E-state index in [0.29, 0.717) is 11.7 Å². The maximum absolute atomic E-state index is 6.30. The van der Waals surface area contributed by atoms with Gasteiger partial charge in [0.05, 0.1) is 22.6 Å². The van der Waals surface area contributed by atoms with Gasteiger partial charge in [-0.3, -0.25) is 0 Å². The van der Waals surface area contributed by atoms with Crippen LogP contribution >= 0.6 is 11.3 Å². The van der Waals surface area contributed by atoms with Gasteiger partial charge < -0.3 is 4.42 Å². The molecule has 11 rings (SSSR count). The molecule has 7 aromatic carbocycles. The van der Waals surface area contributed by atoms with E-state index in [0.717, 1.165) is 77.7 Å². The molecule has 0 amide bonds. The minimum atomic E-state index is 0.604. The highest BCUT2D eigenvalue weighted by molar-refractivity contribution is 7.26. The average molecular weight is 709 g/mol. The van der Waals surface area contributed by atoms with Crippen LogP contribution in [0.2, 0.25) is 0 Å². The van der Waals surface area contributed by atoms with Crippen molar-refractivity contribution in [3.63, 3.8) is 0 Å². The fourth-order valence-corrected chi connectivity index (χ4v) is 8.77. The summed E-state index contributed by atoms with van der Waals surface area (Å²) in [5, 5.41) is 5.61. The van der Waals surface area contributed by atoms with Crippen LogP contribution < -0.4 is 0 Å². The molecule has 0 N–H and O–H groups in total. The van der Waals surface area contributed by atoms with Gasteiger partial charge in [-0.25, -0.2) is 19.9 Å². The molecule has 6 heteroatoms. The summed E-state index contributed by atoms with van der Waals surface area (Å²) in [4.78, 5) is 20.6. The topological polar surface area (TPSA) is 64.7 Å². The molecule has 0 spiro atoms. The molecule has 4 heterocycles. The largest absolute Gasteiger partial charge is 0.436 e. The summed E-state index contributed by atoms with van der Waals surface area (Å²) >= 11 is 1.81. The van der Waals surface area contributed by atoms with Crippen LogP contribution in [0.5, 0.6) is 0 Å². The van der Waals surface area contributed by atoms with Gasteiger partial charge >= 0.3 is 0 Å². The molecule has 0 aliphatic heterocycles. The predicted octanol–water partition coefficient (Wildman–Crippen LogP) is 13.0. The Bertz CT molecular complexity index is 3210. The van der Waals surface area contributed by atoms with Gasteiger partial charge in [-0.05, 0) is 42.5 Å². The Hall–Kier alpha value is -7.02. The number of para-hydroxylation sites is 1. The molecule has 0 aliphatic rings. The zero-order valence-corrected chi connectivity index (χ0v) is 29.6. The third kappa shape index (κ3) is 4.99. The third-order valence-electron chi connectivity index (χ3n) is 10.1. The van der Waals surface area contributed by atoms with E-state index in [1.54, 1.807) is 0 Å². The summed E-state index contributed by atoms with van der Waals surface area (Å²) in [6.45, 7) is 0. The van der Waals surface area contributed by atoms with Crippen LogP contribution in [0, 0.1) is 0 Å². The number of oxazole rings is 1. The standard InChI is InChI=1S/C48H28N4OS/c1-3-12-31(13-4-1)47-50-39(28-40(51-47)36-19-11-18-34-33-16-8-10-21-42(33)54-46(34)36)29-22-24-30(25-23-29)44-37-26-27-41-45(43(37)35-17-7-9-20-38(35)49-44)52-48(53-41)32-14-5-2-6-15-32/h1-28H. The number of aromatic nitrogens is 4. The first-order valence-electron chi connectivity index (χ1n) is 17.9. The van der Waals surface area contributed by atoms with Crippen molar-refractivity contribution in [2.45, 2.75) is 0 Å². The van der Waals surface area contributed by atoms with Gasteiger partial charge in [-0.15, -0.1) is 11.3 Å². The SMILES string of the molecule is c1ccc(-c2nc(-c3ccc(-c4nc5ccccc5c5c4ccc4oc(-c6ccccc6)nc45)cc3)cc(-c3cccc4c3sc3ccccc34)n2)cc1. The smallest absolute Gasteiger partial charge is 0.227 e. The van der Waals surface area contributed by atoms with Crippen LogP contribution in [0.4, 0.5) is 0 Å². The van der Waals surface area contributed by atoms with Crippen molar-refractivity contribution >= 4 is 64.3 Å². The van der Waals surface area contributed by atoms with Gasteiger partial charge in [0, 0.05) is 64.1 Å². The Morgan fingerprint density at radius 3 is 1.96 bits per heavy atom. The molecule has 11 aromatic rings. The van der Waals surface area contributed by atoms with E-state index in [1.807, 2.05) is 72.0 Å². The monoisotopic (exact) mass is 708 g/mol. The lowest BCUT2D eigenvalue weighted by Gasteiger charge is -2.12. The summed E-state index contributed by atoms with van der Waals surface area (Å²) in [5.74, 6) is 1.30. The number of pyridine rings is 1. The lowest BCUT2D eigenvalue weighted by molar-refractivity contribution is 0.620. The second-order valence-electron chi connectivity index (χ2n) is 13.4. The Morgan fingerprint density at radius 2 is 1.13 bits per heavy atom. The van der Waals surface area contributed by atoms with Crippen LogP contribution in [-0.4, -0.2) is 19.9 Å². The van der Waals surface area contributed by atoms with Crippen molar-refractivity contribution in [3.05, 3.63) is 170 Å². The number of fused-ring (bicyclic) bond motifs is 8. The Balaban J connectivity index is 1.06. The van der Waals surface area contributed by atoms with Gasteiger partial charge in [0.15, 0.2) is 11.4 Å². The molecule has 5 nitrogen and oxygen atoms in total. The van der Waals surface area contributed by atoms with Gasteiger partial charge in [-0.2, -0.15) is 0 Å². The van der Waals surface area contributed by atoms with Crippen LogP contribution in [0.1, 0.15) is 0 Å². The second-order valence-corrected chi connectivity index (χ2v) is 14.4. The van der Waals surface area contributed by atoms with E-state index in [4.69, 9.17) is 24.4 Å². The van der Waals surface area contributed by atoms with Crippen molar-refractivity contribution in [2.75, 3.05) is 0 Å². The molecule has 0 saturated carbocycles. The van der Waals surface area contributed by atoms with Crippen molar-refractivity contribution in [1.82, 2.24) is 19.9 Å². The van der Waals surface area contributed by atoms with Gasteiger partial charge in [-0.1, -0.05) is 127 Å². The summed E-state index contributed by atoms with van der Waals surface area (Å²) in [5.41, 5.74) is 10.2. The van der Waals surface area contributed by atoms with Gasteiger partial charge in [0.1, 0.15) is 5.52 Å². The second kappa shape index (κ2) is 12.3. The first-order valence-corrected chi connectivity index (χ1v) is 18.7. The molecule has 0 atom stereocenters. The number of thiophene rings is 1. The van der Waals surface area contributed by atoms with Crippen molar-refractivity contribution in [3.8, 4) is 56.6 Å². The van der Waals surface area contributed by atoms with E-state index in [9.17, 15) is 0 Å². The van der Waals surface area contributed by atoms with Crippen LogP contribution in [0.25, 0.3) is 110 Å². The number of rotatable bonds is 5. The zero-order valence-electron chi connectivity index (χ0n) is 28.8. The summed E-state index contributed by atoms with van der Waals surface area (Å²) in [6, 6.07) is 58.4. The highest BCUT2D eigenvalue weighted by Gasteiger charge is 2.19. The normalized spacial score (nSPS) is 11.7. The first-order chi connectivity index (χ1) is 26.7. The number of nitrogens with zero attached hydrogens (tertiary/aromatic N) is 4. The Morgan fingerprint density at radius 1 is 0.444 bits per heavy atom.